The molecule has 0 fully saturated rings. The molecule has 1 heterocycles. The number of fused-ring (bicyclic) bond motifs is 1. The highest BCUT2D eigenvalue weighted by Crippen LogP contribution is 2.31. The van der Waals surface area contributed by atoms with Gasteiger partial charge in [-0.1, -0.05) is 41.4 Å². The monoisotopic (exact) mass is 438 g/mol. The Morgan fingerprint density at radius 3 is 2.57 bits per heavy atom. The Hall–Kier alpha value is -2.82. The summed E-state index contributed by atoms with van der Waals surface area (Å²) in [7, 11) is 0. The van der Waals surface area contributed by atoms with E-state index < -0.39 is 0 Å². The fourth-order valence-corrected chi connectivity index (χ4v) is 3.95. The second-order valence-corrected chi connectivity index (χ2v) is 8.12. The second-order valence-electron chi connectivity index (χ2n) is 7.27. The SMILES string of the molecule is Cc1c(Cl)cccc1C(=O)N1CCc2cc(CNC(=O)c3ccc(Cl)cc3)ccc21. The van der Waals surface area contributed by atoms with Crippen molar-refractivity contribution in [2.75, 3.05) is 11.4 Å². The summed E-state index contributed by atoms with van der Waals surface area (Å²) in [6, 6.07) is 18.1. The molecule has 0 saturated heterocycles. The number of nitrogens with one attached hydrogen (secondary N) is 1. The van der Waals surface area contributed by atoms with Gasteiger partial charge in [0.25, 0.3) is 11.8 Å². The van der Waals surface area contributed by atoms with E-state index in [-0.39, 0.29) is 11.8 Å². The number of rotatable bonds is 4. The highest BCUT2D eigenvalue weighted by Gasteiger charge is 2.27. The molecule has 0 spiro atoms. The van der Waals surface area contributed by atoms with E-state index in [2.05, 4.69) is 11.4 Å². The molecule has 1 aliphatic rings. The van der Waals surface area contributed by atoms with Gasteiger partial charge in [0.2, 0.25) is 0 Å². The Bertz CT molecular complexity index is 1130. The van der Waals surface area contributed by atoms with E-state index >= 15 is 0 Å². The summed E-state index contributed by atoms with van der Waals surface area (Å²) >= 11 is 12.1. The Morgan fingerprint density at radius 2 is 1.80 bits per heavy atom. The summed E-state index contributed by atoms with van der Waals surface area (Å²) in [6.45, 7) is 2.90. The molecule has 3 aromatic rings. The van der Waals surface area contributed by atoms with Gasteiger partial charge < -0.3 is 10.2 Å². The first-order chi connectivity index (χ1) is 14.4. The Balaban J connectivity index is 1.47. The van der Waals surface area contributed by atoms with Crippen molar-refractivity contribution in [3.63, 3.8) is 0 Å². The van der Waals surface area contributed by atoms with Crippen LogP contribution in [0.15, 0.2) is 60.7 Å². The standard InChI is InChI=1S/C24H20Cl2N2O2/c1-15-20(3-2-4-21(15)26)24(30)28-12-11-18-13-16(5-10-22(18)28)14-27-23(29)17-6-8-19(25)9-7-17/h2-10,13H,11-12,14H2,1H3,(H,27,29). The van der Waals surface area contributed by atoms with Gasteiger partial charge in [0.05, 0.1) is 0 Å². The van der Waals surface area contributed by atoms with Crippen LogP contribution in [0.2, 0.25) is 10.0 Å². The van der Waals surface area contributed by atoms with Crippen molar-refractivity contribution in [1.29, 1.82) is 0 Å². The van der Waals surface area contributed by atoms with E-state index in [1.54, 1.807) is 41.3 Å². The molecular formula is C24H20Cl2N2O2. The van der Waals surface area contributed by atoms with Crippen LogP contribution in [0.4, 0.5) is 5.69 Å². The molecule has 3 aromatic carbocycles. The predicted molar refractivity (Wildman–Crippen MR) is 121 cm³/mol. The highest BCUT2D eigenvalue weighted by molar-refractivity contribution is 6.32. The molecule has 0 radical (unpaired) electrons. The van der Waals surface area contributed by atoms with Crippen LogP contribution in [0.3, 0.4) is 0 Å². The molecule has 1 aliphatic heterocycles. The zero-order valence-electron chi connectivity index (χ0n) is 16.4. The number of carbonyl (C=O) groups excluding carboxylic acids is 2. The topological polar surface area (TPSA) is 49.4 Å². The van der Waals surface area contributed by atoms with E-state index in [0.717, 1.165) is 28.8 Å². The van der Waals surface area contributed by atoms with Crippen LogP contribution in [-0.4, -0.2) is 18.4 Å². The van der Waals surface area contributed by atoms with Gasteiger partial charge in [-0.25, -0.2) is 0 Å². The zero-order valence-corrected chi connectivity index (χ0v) is 17.9. The van der Waals surface area contributed by atoms with Crippen LogP contribution in [0.25, 0.3) is 0 Å². The number of carbonyl (C=O) groups is 2. The van der Waals surface area contributed by atoms with Crippen LogP contribution in [-0.2, 0) is 13.0 Å². The number of nitrogens with zero attached hydrogens (tertiary/aromatic N) is 1. The van der Waals surface area contributed by atoms with Gasteiger partial charge in [0, 0.05) is 39.9 Å². The van der Waals surface area contributed by atoms with Crippen LogP contribution in [0.1, 0.15) is 37.4 Å². The number of anilines is 1. The summed E-state index contributed by atoms with van der Waals surface area (Å²) in [5.41, 5.74) is 4.97. The molecule has 4 rings (SSSR count). The molecule has 1 N–H and O–H groups in total. The predicted octanol–water partition coefficient (Wildman–Crippen LogP) is 5.43. The maximum Gasteiger partial charge on any atom is 0.258 e. The van der Waals surface area contributed by atoms with Gasteiger partial charge in [0.1, 0.15) is 0 Å². The molecule has 6 heteroatoms. The van der Waals surface area contributed by atoms with Gasteiger partial charge in [0.15, 0.2) is 0 Å². The molecule has 0 bridgehead atoms. The summed E-state index contributed by atoms with van der Waals surface area (Å²) in [6.07, 6.45) is 0.777. The largest absolute Gasteiger partial charge is 0.348 e. The summed E-state index contributed by atoms with van der Waals surface area (Å²) in [4.78, 5) is 27.2. The van der Waals surface area contributed by atoms with Gasteiger partial charge >= 0.3 is 0 Å². The van der Waals surface area contributed by atoms with Crippen LogP contribution in [0, 0.1) is 6.92 Å². The van der Waals surface area contributed by atoms with E-state index in [1.807, 2.05) is 25.1 Å². The summed E-state index contributed by atoms with van der Waals surface area (Å²) in [5.74, 6) is -0.196. The molecule has 0 aromatic heterocycles. The number of hydrogen-bond acceptors (Lipinski definition) is 2. The average Bonchev–Trinajstić information content (AvgIpc) is 3.17. The summed E-state index contributed by atoms with van der Waals surface area (Å²) < 4.78 is 0. The first kappa shape index (κ1) is 20.5. The lowest BCUT2D eigenvalue weighted by atomic mass is 10.1. The minimum absolute atomic E-state index is 0.0439. The number of hydrogen-bond donors (Lipinski definition) is 1. The van der Waals surface area contributed by atoms with Crippen molar-refractivity contribution >= 4 is 40.7 Å². The van der Waals surface area contributed by atoms with E-state index in [1.165, 1.54) is 0 Å². The van der Waals surface area contributed by atoms with Crippen molar-refractivity contribution in [2.45, 2.75) is 19.9 Å². The fraction of sp³-hybridized carbons (Fsp3) is 0.167. The van der Waals surface area contributed by atoms with Crippen molar-refractivity contribution in [3.05, 3.63) is 98.5 Å². The number of amides is 2. The molecular weight excluding hydrogens is 419 g/mol. The van der Waals surface area contributed by atoms with Crippen molar-refractivity contribution in [3.8, 4) is 0 Å². The quantitative estimate of drug-likeness (QED) is 0.589. The molecule has 0 unspecified atom stereocenters. The number of halogens is 2. The molecule has 4 nitrogen and oxygen atoms in total. The molecule has 30 heavy (non-hydrogen) atoms. The highest BCUT2D eigenvalue weighted by atomic mass is 35.5. The molecule has 152 valence electrons. The first-order valence-electron chi connectivity index (χ1n) is 9.66. The smallest absolute Gasteiger partial charge is 0.258 e. The second kappa shape index (κ2) is 8.50. The molecule has 0 aliphatic carbocycles. The average molecular weight is 439 g/mol. The van der Waals surface area contributed by atoms with Gasteiger partial charge in [-0.05, 0) is 72.5 Å². The number of benzene rings is 3. The lowest BCUT2D eigenvalue weighted by molar-refractivity contribution is 0.0949. The minimum atomic E-state index is -0.152. The summed E-state index contributed by atoms with van der Waals surface area (Å²) in [5, 5.41) is 4.11. The maximum atomic E-state index is 13.1. The van der Waals surface area contributed by atoms with E-state index in [9.17, 15) is 9.59 Å². The Kier molecular flexibility index (Phi) is 5.80. The Morgan fingerprint density at radius 1 is 1.03 bits per heavy atom. The van der Waals surface area contributed by atoms with Gasteiger partial charge in [-0.2, -0.15) is 0 Å². The third-order valence-corrected chi connectivity index (χ3v) is 6.00. The van der Waals surface area contributed by atoms with Crippen LogP contribution < -0.4 is 10.2 Å². The minimum Gasteiger partial charge on any atom is -0.348 e. The third-order valence-electron chi connectivity index (χ3n) is 5.34. The van der Waals surface area contributed by atoms with Crippen molar-refractivity contribution < 1.29 is 9.59 Å². The van der Waals surface area contributed by atoms with Crippen molar-refractivity contribution in [2.24, 2.45) is 0 Å². The van der Waals surface area contributed by atoms with E-state index in [4.69, 9.17) is 23.2 Å². The molecule has 2 amide bonds. The van der Waals surface area contributed by atoms with Crippen LogP contribution in [0.5, 0.6) is 0 Å². The maximum absolute atomic E-state index is 13.1. The lowest BCUT2D eigenvalue weighted by Crippen LogP contribution is -2.29. The molecule has 0 atom stereocenters. The van der Waals surface area contributed by atoms with E-state index in [0.29, 0.717) is 34.3 Å². The first-order valence-corrected chi connectivity index (χ1v) is 10.4. The van der Waals surface area contributed by atoms with Crippen LogP contribution >= 0.6 is 23.2 Å². The third kappa shape index (κ3) is 4.07. The molecule has 0 saturated carbocycles. The zero-order chi connectivity index (χ0) is 21.3. The Labute approximate surface area is 185 Å². The van der Waals surface area contributed by atoms with Gasteiger partial charge in [-0.3, -0.25) is 9.59 Å². The van der Waals surface area contributed by atoms with Gasteiger partial charge in [-0.15, -0.1) is 0 Å². The van der Waals surface area contributed by atoms with Crippen molar-refractivity contribution in [1.82, 2.24) is 5.32 Å². The lowest BCUT2D eigenvalue weighted by Gasteiger charge is -2.19. The normalized spacial score (nSPS) is 12.6. The fourth-order valence-electron chi connectivity index (χ4n) is 3.65.